The van der Waals surface area contributed by atoms with Crippen LogP contribution in [0.25, 0.3) is 0 Å². The van der Waals surface area contributed by atoms with Gasteiger partial charge >= 0.3 is 0 Å². The highest BCUT2D eigenvalue weighted by Crippen LogP contribution is 2.27. The van der Waals surface area contributed by atoms with Crippen LogP contribution in [0.5, 0.6) is 0 Å². The molecule has 0 aliphatic rings. The molecule has 0 spiro atoms. The minimum absolute atomic E-state index is 0.270. The van der Waals surface area contributed by atoms with Gasteiger partial charge in [0.15, 0.2) is 0 Å². The van der Waals surface area contributed by atoms with Crippen LogP contribution in [-0.4, -0.2) is 7.05 Å². The van der Waals surface area contributed by atoms with E-state index in [1.54, 1.807) is 0 Å². The van der Waals surface area contributed by atoms with Crippen LogP contribution < -0.4 is 5.32 Å². The number of rotatable bonds is 5. The molecule has 1 N–H and O–H groups in total. The summed E-state index contributed by atoms with van der Waals surface area (Å²) in [5.41, 5.74) is 6.86. The summed E-state index contributed by atoms with van der Waals surface area (Å²) in [7, 11) is 2.04. The zero-order chi connectivity index (χ0) is 14.5. The third-order valence-corrected chi connectivity index (χ3v) is 3.97. The van der Waals surface area contributed by atoms with Crippen molar-refractivity contribution in [1.29, 1.82) is 0 Å². The van der Waals surface area contributed by atoms with E-state index in [4.69, 9.17) is 0 Å². The molecule has 1 unspecified atom stereocenters. The zero-order valence-electron chi connectivity index (χ0n) is 13.0. The third kappa shape index (κ3) is 3.10. The maximum absolute atomic E-state index is 3.47. The predicted octanol–water partition coefficient (Wildman–Crippen LogP) is 4.56. The van der Waals surface area contributed by atoms with Gasteiger partial charge in [-0.1, -0.05) is 55.8 Å². The SMILES string of the molecule is CCCc1ccc(C(NC)c2c(C)cccc2C)cc1. The summed E-state index contributed by atoms with van der Waals surface area (Å²) < 4.78 is 0. The lowest BCUT2D eigenvalue weighted by atomic mass is 9.91. The van der Waals surface area contributed by atoms with Crippen LogP contribution in [0.2, 0.25) is 0 Å². The first-order chi connectivity index (χ1) is 9.67. The maximum Gasteiger partial charge on any atom is 0.0579 e. The molecule has 0 heterocycles. The quantitative estimate of drug-likeness (QED) is 0.837. The lowest BCUT2D eigenvalue weighted by Crippen LogP contribution is -2.19. The average molecular weight is 267 g/mol. The maximum atomic E-state index is 3.47. The van der Waals surface area contributed by atoms with Crippen molar-refractivity contribution in [3.8, 4) is 0 Å². The van der Waals surface area contributed by atoms with Crippen LogP contribution in [0.3, 0.4) is 0 Å². The summed E-state index contributed by atoms with van der Waals surface area (Å²) in [4.78, 5) is 0. The van der Waals surface area contributed by atoms with Crippen molar-refractivity contribution < 1.29 is 0 Å². The fourth-order valence-corrected chi connectivity index (χ4v) is 2.93. The van der Waals surface area contributed by atoms with Crippen LogP contribution >= 0.6 is 0 Å². The number of nitrogens with one attached hydrogen (secondary N) is 1. The Morgan fingerprint density at radius 2 is 1.55 bits per heavy atom. The van der Waals surface area contributed by atoms with Crippen LogP contribution in [0.1, 0.15) is 47.2 Å². The molecule has 0 fully saturated rings. The van der Waals surface area contributed by atoms with Crippen molar-refractivity contribution in [3.05, 3.63) is 70.3 Å². The van der Waals surface area contributed by atoms with Crippen LogP contribution in [0, 0.1) is 13.8 Å². The van der Waals surface area contributed by atoms with Crippen molar-refractivity contribution >= 4 is 0 Å². The van der Waals surface area contributed by atoms with E-state index in [9.17, 15) is 0 Å². The smallest absolute Gasteiger partial charge is 0.0579 e. The standard InChI is InChI=1S/C19H25N/c1-5-7-16-10-12-17(13-11-16)19(20-4)18-14(2)8-6-9-15(18)3/h6,8-13,19-20H,5,7H2,1-4H3. The van der Waals surface area contributed by atoms with Crippen LogP contribution in [0.4, 0.5) is 0 Å². The van der Waals surface area contributed by atoms with Gasteiger partial charge in [0, 0.05) is 0 Å². The van der Waals surface area contributed by atoms with Crippen molar-refractivity contribution in [3.63, 3.8) is 0 Å². The molecular formula is C19H25N. The molecule has 2 rings (SSSR count). The molecule has 0 saturated heterocycles. The van der Waals surface area contributed by atoms with E-state index >= 15 is 0 Å². The average Bonchev–Trinajstić information content (AvgIpc) is 2.45. The fourth-order valence-electron chi connectivity index (χ4n) is 2.93. The Morgan fingerprint density at radius 1 is 0.950 bits per heavy atom. The number of hydrogen-bond donors (Lipinski definition) is 1. The summed E-state index contributed by atoms with van der Waals surface area (Å²) >= 11 is 0. The van der Waals surface area contributed by atoms with E-state index < -0.39 is 0 Å². The van der Waals surface area contributed by atoms with Gasteiger partial charge in [0.25, 0.3) is 0 Å². The molecule has 0 radical (unpaired) electrons. The van der Waals surface area contributed by atoms with Gasteiger partial charge in [0.1, 0.15) is 0 Å². The van der Waals surface area contributed by atoms with Crippen LogP contribution in [-0.2, 0) is 6.42 Å². The molecule has 106 valence electrons. The molecule has 1 heteroatoms. The number of benzene rings is 2. The molecular weight excluding hydrogens is 242 g/mol. The molecule has 1 atom stereocenters. The second kappa shape index (κ2) is 6.71. The second-order valence-electron chi connectivity index (χ2n) is 5.52. The first-order valence-electron chi connectivity index (χ1n) is 7.49. The van der Waals surface area contributed by atoms with E-state index in [0.717, 1.165) is 6.42 Å². The molecule has 20 heavy (non-hydrogen) atoms. The van der Waals surface area contributed by atoms with Gasteiger partial charge in [0.2, 0.25) is 0 Å². The van der Waals surface area contributed by atoms with Crippen LogP contribution in [0.15, 0.2) is 42.5 Å². The Morgan fingerprint density at radius 3 is 2.05 bits per heavy atom. The Balaban J connectivity index is 2.37. The molecule has 1 nitrogen and oxygen atoms in total. The van der Waals surface area contributed by atoms with Gasteiger partial charge in [-0.05, 0) is 55.1 Å². The van der Waals surface area contributed by atoms with E-state index in [2.05, 4.69) is 68.6 Å². The fraction of sp³-hybridized carbons (Fsp3) is 0.368. The topological polar surface area (TPSA) is 12.0 Å². The first-order valence-corrected chi connectivity index (χ1v) is 7.49. The summed E-state index contributed by atoms with van der Waals surface area (Å²) in [6.45, 7) is 6.61. The molecule has 0 bridgehead atoms. The van der Waals surface area contributed by atoms with Gasteiger partial charge < -0.3 is 5.32 Å². The summed E-state index contributed by atoms with van der Waals surface area (Å²) in [5.74, 6) is 0. The minimum Gasteiger partial charge on any atom is -0.309 e. The minimum atomic E-state index is 0.270. The van der Waals surface area contributed by atoms with E-state index in [1.165, 1.54) is 34.2 Å². The normalized spacial score (nSPS) is 12.4. The Labute approximate surface area is 123 Å². The van der Waals surface area contributed by atoms with Crippen molar-refractivity contribution in [2.45, 2.75) is 39.7 Å². The van der Waals surface area contributed by atoms with Crippen molar-refractivity contribution in [2.75, 3.05) is 7.05 Å². The Kier molecular flexibility index (Phi) is 4.97. The highest BCUT2D eigenvalue weighted by atomic mass is 14.9. The highest BCUT2D eigenvalue weighted by molar-refractivity contribution is 5.42. The van der Waals surface area contributed by atoms with Gasteiger partial charge in [-0.25, -0.2) is 0 Å². The largest absolute Gasteiger partial charge is 0.309 e. The summed E-state index contributed by atoms with van der Waals surface area (Å²) in [5, 5.41) is 3.47. The number of hydrogen-bond acceptors (Lipinski definition) is 1. The van der Waals surface area contributed by atoms with E-state index in [-0.39, 0.29) is 6.04 Å². The molecule has 0 aliphatic heterocycles. The predicted molar refractivity (Wildman–Crippen MR) is 87.3 cm³/mol. The Bertz CT molecular complexity index is 534. The molecule has 0 aromatic heterocycles. The van der Waals surface area contributed by atoms with Gasteiger partial charge in [0.05, 0.1) is 6.04 Å². The zero-order valence-corrected chi connectivity index (χ0v) is 13.0. The summed E-state index contributed by atoms with van der Waals surface area (Å²) in [6.07, 6.45) is 2.36. The molecule has 2 aromatic carbocycles. The van der Waals surface area contributed by atoms with E-state index in [1.807, 2.05) is 7.05 Å². The second-order valence-corrected chi connectivity index (χ2v) is 5.52. The highest BCUT2D eigenvalue weighted by Gasteiger charge is 2.16. The molecule has 0 aliphatic carbocycles. The van der Waals surface area contributed by atoms with Gasteiger partial charge in [-0.2, -0.15) is 0 Å². The lowest BCUT2D eigenvalue weighted by molar-refractivity contribution is 0.682. The van der Waals surface area contributed by atoms with E-state index in [0.29, 0.717) is 0 Å². The monoisotopic (exact) mass is 267 g/mol. The first kappa shape index (κ1) is 14.8. The van der Waals surface area contributed by atoms with Gasteiger partial charge in [-0.15, -0.1) is 0 Å². The number of aryl methyl sites for hydroxylation is 3. The summed E-state index contributed by atoms with van der Waals surface area (Å²) in [6, 6.07) is 15.8. The Hall–Kier alpha value is -1.60. The molecule has 0 amide bonds. The van der Waals surface area contributed by atoms with Crippen molar-refractivity contribution in [1.82, 2.24) is 5.32 Å². The van der Waals surface area contributed by atoms with Gasteiger partial charge in [-0.3, -0.25) is 0 Å². The lowest BCUT2D eigenvalue weighted by Gasteiger charge is -2.22. The third-order valence-electron chi connectivity index (χ3n) is 3.97. The molecule has 0 saturated carbocycles. The van der Waals surface area contributed by atoms with Crippen molar-refractivity contribution in [2.24, 2.45) is 0 Å². The molecule has 2 aromatic rings.